The first-order valence-electron chi connectivity index (χ1n) is 12.4. The molecule has 3 aromatic rings. The fourth-order valence-corrected chi connectivity index (χ4v) is 5.32. The fraction of sp³-hybridized carbons (Fsp3) is 0.370. The molecule has 1 atom stereocenters. The van der Waals surface area contributed by atoms with Gasteiger partial charge in [-0.25, -0.2) is 0 Å². The Balaban J connectivity index is 0.994. The average Bonchev–Trinajstić information content (AvgIpc) is 3.57. The molecule has 3 aliphatic rings. The molecule has 1 saturated heterocycles. The van der Waals surface area contributed by atoms with E-state index in [1.165, 1.54) is 17.5 Å². The van der Waals surface area contributed by atoms with Crippen LogP contribution < -0.4 is 14.8 Å². The van der Waals surface area contributed by atoms with Crippen LogP contribution in [0.2, 0.25) is 0 Å². The average molecular weight is 488 g/mol. The first-order chi connectivity index (χ1) is 17.6. The number of aromatic nitrogens is 2. The molecule has 0 saturated carbocycles. The Kier molecular flexibility index (Phi) is 6.06. The zero-order valence-corrected chi connectivity index (χ0v) is 20.1. The Hall–Kier alpha value is -3.85. The lowest BCUT2D eigenvalue weighted by molar-refractivity contribution is -0.134. The summed E-state index contributed by atoms with van der Waals surface area (Å²) in [7, 11) is 0. The molecule has 9 nitrogen and oxygen atoms in total. The molecule has 186 valence electrons. The van der Waals surface area contributed by atoms with Crippen molar-refractivity contribution in [2.45, 2.75) is 31.8 Å². The van der Waals surface area contributed by atoms with Crippen LogP contribution in [0.15, 0.2) is 54.9 Å². The van der Waals surface area contributed by atoms with Crippen molar-refractivity contribution >= 4 is 17.5 Å². The van der Waals surface area contributed by atoms with Gasteiger partial charge in [0, 0.05) is 44.0 Å². The molecular weight excluding hydrogens is 458 g/mol. The molecule has 1 aliphatic carbocycles. The van der Waals surface area contributed by atoms with Crippen LogP contribution in [0.25, 0.3) is 0 Å². The van der Waals surface area contributed by atoms with Gasteiger partial charge in [0.05, 0.1) is 11.9 Å². The molecule has 0 bridgehead atoms. The van der Waals surface area contributed by atoms with E-state index in [1.807, 2.05) is 4.90 Å². The smallest absolute Gasteiger partial charge is 0.255 e. The molecule has 1 unspecified atom stereocenters. The maximum Gasteiger partial charge on any atom is 0.255 e. The molecule has 1 fully saturated rings. The summed E-state index contributed by atoms with van der Waals surface area (Å²) < 4.78 is 12.2. The maximum atomic E-state index is 12.9. The minimum absolute atomic E-state index is 0.0420. The molecular formula is C27H29N5O4. The minimum atomic E-state index is -0.277. The highest BCUT2D eigenvalue weighted by atomic mass is 16.7. The van der Waals surface area contributed by atoms with Crippen LogP contribution in [0.1, 0.15) is 27.9 Å². The highest BCUT2D eigenvalue weighted by Gasteiger charge is 2.28. The Morgan fingerprint density at radius 2 is 1.81 bits per heavy atom. The maximum absolute atomic E-state index is 12.9. The lowest BCUT2D eigenvalue weighted by atomic mass is 9.87. The number of hydrogen-bond acceptors (Lipinski definition) is 6. The van der Waals surface area contributed by atoms with Crippen LogP contribution in [-0.4, -0.2) is 70.4 Å². The highest BCUT2D eigenvalue weighted by Crippen LogP contribution is 2.32. The second-order valence-electron chi connectivity index (χ2n) is 9.53. The summed E-state index contributed by atoms with van der Waals surface area (Å²) in [6.45, 7) is 3.56. The number of aryl methyl sites for hydroxylation is 1. The van der Waals surface area contributed by atoms with Crippen molar-refractivity contribution in [1.29, 1.82) is 0 Å². The molecule has 2 amide bonds. The van der Waals surface area contributed by atoms with Gasteiger partial charge in [-0.3, -0.25) is 19.2 Å². The first-order valence-corrected chi connectivity index (χ1v) is 12.4. The largest absolute Gasteiger partial charge is 0.454 e. The van der Waals surface area contributed by atoms with E-state index in [0.717, 1.165) is 39.0 Å². The molecule has 36 heavy (non-hydrogen) atoms. The van der Waals surface area contributed by atoms with Gasteiger partial charge in [0.2, 0.25) is 12.7 Å². The minimum Gasteiger partial charge on any atom is -0.454 e. The van der Waals surface area contributed by atoms with Crippen LogP contribution >= 0.6 is 0 Å². The number of rotatable bonds is 5. The molecule has 2 aliphatic heterocycles. The second kappa shape index (κ2) is 9.66. The summed E-state index contributed by atoms with van der Waals surface area (Å²) in [4.78, 5) is 30.0. The molecule has 9 heteroatoms. The van der Waals surface area contributed by atoms with Crippen LogP contribution in [-0.2, 0) is 24.2 Å². The van der Waals surface area contributed by atoms with Crippen molar-refractivity contribution in [1.82, 2.24) is 19.6 Å². The summed E-state index contributed by atoms with van der Waals surface area (Å²) in [5, 5.41) is 7.09. The Labute approximate surface area is 209 Å². The van der Waals surface area contributed by atoms with Crippen molar-refractivity contribution in [3.63, 3.8) is 0 Å². The standard InChI is InChI=1S/C27H29N5O4/c33-26(31-11-9-30(10-12-31)23-7-5-19-3-1-2-4-20(19)13-23)17-32-16-22(15-28-32)29-27(34)21-6-8-24-25(14-21)36-18-35-24/h1-4,6,8,14-16,23H,5,7,9-13,17-18H2,(H,29,34). The van der Waals surface area contributed by atoms with E-state index in [0.29, 0.717) is 28.8 Å². The monoisotopic (exact) mass is 487 g/mol. The number of nitrogens with one attached hydrogen (secondary N) is 1. The number of hydrogen-bond donors (Lipinski definition) is 1. The SMILES string of the molecule is O=C(Nc1cnn(CC(=O)N2CCN(C3CCc4ccccc4C3)CC2)c1)c1ccc2c(c1)OCO2. The summed E-state index contributed by atoms with van der Waals surface area (Å²) in [6, 6.07) is 14.3. The van der Waals surface area contributed by atoms with Crippen molar-refractivity contribution in [3.05, 3.63) is 71.5 Å². The van der Waals surface area contributed by atoms with Crippen LogP contribution in [0.3, 0.4) is 0 Å². The number of benzene rings is 2. The van der Waals surface area contributed by atoms with Crippen molar-refractivity contribution in [2.24, 2.45) is 0 Å². The van der Waals surface area contributed by atoms with Crippen molar-refractivity contribution in [2.75, 3.05) is 38.3 Å². The van der Waals surface area contributed by atoms with Gasteiger partial charge in [-0.1, -0.05) is 24.3 Å². The number of fused-ring (bicyclic) bond motifs is 2. The molecule has 3 heterocycles. The zero-order chi connectivity index (χ0) is 24.5. The normalized spacial score (nSPS) is 19.1. The molecule has 1 aromatic heterocycles. The predicted octanol–water partition coefficient (Wildman–Crippen LogP) is 2.57. The third-order valence-corrected chi connectivity index (χ3v) is 7.33. The molecule has 2 aromatic carbocycles. The number of ether oxygens (including phenoxy) is 2. The van der Waals surface area contributed by atoms with Gasteiger partial charge < -0.3 is 19.7 Å². The second-order valence-corrected chi connectivity index (χ2v) is 9.53. The van der Waals surface area contributed by atoms with Crippen LogP contribution in [0.5, 0.6) is 11.5 Å². The summed E-state index contributed by atoms with van der Waals surface area (Å²) >= 11 is 0. The zero-order valence-electron chi connectivity index (χ0n) is 20.1. The summed E-state index contributed by atoms with van der Waals surface area (Å²) in [6.07, 6.45) is 6.64. The lowest BCUT2D eigenvalue weighted by Crippen LogP contribution is -2.53. The summed E-state index contributed by atoms with van der Waals surface area (Å²) in [5.74, 6) is 0.946. The quantitative estimate of drug-likeness (QED) is 0.595. The number of carbonyl (C=O) groups excluding carboxylic acids is 2. The predicted molar refractivity (Wildman–Crippen MR) is 133 cm³/mol. The molecule has 1 N–H and O–H groups in total. The van der Waals surface area contributed by atoms with Crippen molar-refractivity contribution < 1.29 is 19.1 Å². The van der Waals surface area contributed by atoms with Gasteiger partial charge in [0.15, 0.2) is 11.5 Å². The lowest BCUT2D eigenvalue weighted by Gasteiger charge is -2.41. The third-order valence-electron chi connectivity index (χ3n) is 7.33. The van der Waals surface area contributed by atoms with Gasteiger partial charge in [0.25, 0.3) is 5.91 Å². The summed E-state index contributed by atoms with van der Waals surface area (Å²) in [5.41, 5.74) is 3.94. The fourth-order valence-electron chi connectivity index (χ4n) is 5.32. The molecule has 6 rings (SSSR count). The van der Waals surface area contributed by atoms with E-state index in [9.17, 15) is 9.59 Å². The number of nitrogens with zero attached hydrogens (tertiary/aromatic N) is 4. The van der Waals surface area contributed by atoms with Crippen LogP contribution in [0, 0.1) is 0 Å². The highest BCUT2D eigenvalue weighted by molar-refractivity contribution is 6.04. The van der Waals surface area contributed by atoms with Crippen molar-refractivity contribution in [3.8, 4) is 11.5 Å². The van der Waals surface area contributed by atoms with E-state index in [2.05, 4.69) is 39.6 Å². The van der Waals surface area contributed by atoms with Crippen LogP contribution in [0.4, 0.5) is 5.69 Å². The van der Waals surface area contributed by atoms with Gasteiger partial charge in [-0.15, -0.1) is 0 Å². The van der Waals surface area contributed by atoms with Gasteiger partial charge in [-0.05, 0) is 48.6 Å². The van der Waals surface area contributed by atoms with E-state index < -0.39 is 0 Å². The van der Waals surface area contributed by atoms with E-state index >= 15 is 0 Å². The number of carbonyl (C=O) groups is 2. The Bertz CT molecular complexity index is 1280. The first kappa shape index (κ1) is 22.6. The topological polar surface area (TPSA) is 88.9 Å². The Morgan fingerprint density at radius 3 is 2.67 bits per heavy atom. The third kappa shape index (κ3) is 4.66. The van der Waals surface area contributed by atoms with Gasteiger partial charge in [-0.2, -0.15) is 5.10 Å². The number of amides is 2. The van der Waals surface area contributed by atoms with Gasteiger partial charge >= 0.3 is 0 Å². The number of piperazine rings is 1. The molecule has 0 radical (unpaired) electrons. The van der Waals surface area contributed by atoms with E-state index in [1.54, 1.807) is 35.3 Å². The van der Waals surface area contributed by atoms with Gasteiger partial charge in [0.1, 0.15) is 6.54 Å². The van der Waals surface area contributed by atoms with E-state index in [4.69, 9.17) is 9.47 Å². The number of anilines is 1. The Morgan fingerprint density at radius 1 is 1.00 bits per heavy atom. The molecule has 0 spiro atoms. The van der Waals surface area contributed by atoms with E-state index in [-0.39, 0.29) is 25.2 Å².